The van der Waals surface area contributed by atoms with Gasteiger partial charge in [0.1, 0.15) is 13.1 Å². The van der Waals surface area contributed by atoms with E-state index in [0.717, 1.165) is 0 Å². The first kappa shape index (κ1) is 16.5. The van der Waals surface area contributed by atoms with Gasteiger partial charge in [-0.3, -0.25) is 9.59 Å². The number of carboxylic acid groups (broad SMARTS) is 1. The van der Waals surface area contributed by atoms with Gasteiger partial charge in [-0.05, 0) is 32.0 Å². The topological polar surface area (TPSA) is 109 Å². The molecule has 0 fully saturated rings. The van der Waals surface area contributed by atoms with Crippen molar-refractivity contribution in [2.45, 2.75) is 20.4 Å². The second-order valence-corrected chi connectivity index (χ2v) is 4.88. The van der Waals surface area contributed by atoms with Gasteiger partial charge in [-0.1, -0.05) is 11.2 Å². The van der Waals surface area contributed by atoms with Crippen LogP contribution in [0.2, 0.25) is 0 Å². The lowest BCUT2D eigenvalue weighted by Crippen LogP contribution is -2.30. The molecule has 122 valence electrons. The number of hydrogen-bond donors (Lipinski definition) is 2. The summed E-state index contributed by atoms with van der Waals surface area (Å²) in [6.45, 7) is 4.06. The highest BCUT2D eigenvalue weighted by atomic mass is 16.5. The number of aromatic nitrogens is 2. The fraction of sp³-hybridized carbons (Fsp3) is 0.333. The largest absolute Gasteiger partial charge is 0.480 e. The normalized spacial score (nSPS) is 10.3. The molecule has 8 heteroatoms. The molecule has 1 amide bonds. The summed E-state index contributed by atoms with van der Waals surface area (Å²) in [6, 6.07) is 6.70. The molecule has 0 bridgehead atoms. The molecule has 2 aromatic rings. The maximum atomic E-state index is 12.6. The second-order valence-electron chi connectivity index (χ2n) is 4.88. The summed E-state index contributed by atoms with van der Waals surface area (Å²) in [5.74, 6) is -0.271. The minimum atomic E-state index is -0.969. The van der Waals surface area contributed by atoms with Crippen LogP contribution in [0.5, 0.6) is 0 Å². The maximum Gasteiger partial charge on any atom is 0.322 e. The molecule has 23 heavy (non-hydrogen) atoms. The van der Waals surface area contributed by atoms with Crippen LogP contribution in [-0.4, -0.2) is 45.1 Å². The third-order valence-electron chi connectivity index (χ3n) is 3.12. The second kappa shape index (κ2) is 7.39. The van der Waals surface area contributed by atoms with Crippen molar-refractivity contribution in [3.8, 4) is 0 Å². The Morgan fingerprint density at radius 3 is 2.78 bits per heavy atom. The minimum absolute atomic E-state index is 0.192. The maximum absolute atomic E-state index is 12.6. The quantitative estimate of drug-likeness (QED) is 0.797. The molecule has 1 aromatic carbocycles. The van der Waals surface area contributed by atoms with Crippen molar-refractivity contribution < 1.29 is 19.2 Å². The highest BCUT2D eigenvalue weighted by molar-refractivity contribution is 5.95. The number of hydrogen-bond acceptors (Lipinski definition) is 6. The van der Waals surface area contributed by atoms with Crippen LogP contribution < -0.4 is 5.32 Å². The summed E-state index contributed by atoms with van der Waals surface area (Å²) in [5, 5.41) is 15.1. The van der Waals surface area contributed by atoms with Crippen molar-refractivity contribution in [1.29, 1.82) is 0 Å². The Balaban J connectivity index is 2.10. The van der Waals surface area contributed by atoms with E-state index in [2.05, 4.69) is 15.5 Å². The fourth-order valence-corrected chi connectivity index (χ4v) is 2.02. The van der Waals surface area contributed by atoms with E-state index in [4.69, 9.17) is 9.63 Å². The van der Waals surface area contributed by atoms with Crippen molar-refractivity contribution in [2.75, 3.05) is 18.4 Å². The van der Waals surface area contributed by atoms with Gasteiger partial charge in [-0.25, -0.2) is 0 Å². The third kappa shape index (κ3) is 4.53. The van der Waals surface area contributed by atoms with Crippen molar-refractivity contribution >= 4 is 17.6 Å². The van der Waals surface area contributed by atoms with E-state index < -0.39 is 5.97 Å². The Kier molecular flexibility index (Phi) is 5.29. The molecule has 2 N–H and O–H groups in total. The fourth-order valence-electron chi connectivity index (χ4n) is 2.02. The Labute approximate surface area is 133 Å². The molecule has 1 aromatic heterocycles. The van der Waals surface area contributed by atoms with Gasteiger partial charge in [-0.15, -0.1) is 0 Å². The van der Waals surface area contributed by atoms with Crippen LogP contribution in [0.1, 0.15) is 29.0 Å². The molecule has 2 rings (SSSR count). The molecule has 0 aliphatic carbocycles. The first-order valence-electron chi connectivity index (χ1n) is 7.13. The van der Waals surface area contributed by atoms with Gasteiger partial charge in [0.05, 0.1) is 0 Å². The first-order chi connectivity index (χ1) is 11.0. The van der Waals surface area contributed by atoms with Gasteiger partial charge in [0.2, 0.25) is 5.89 Å². The lowest BCUT2D eigenvalue weighted by molar-refractivity contribution is -0.134. The summed E-state index contributed by atoms with van der Waals surface area (Å²) >= 11 is 0. The predicted molar refractivity (Wildman–Crippen MR) is 82.0 cm³/mol. The van der Waals surface area contributed by atoms with Gasteiger partial charge in [0.15, 0.2) is 5.82 Å². The zero-order chi connectivity index (χ0) is 16.8. The number of aryl methyl sites for hydroxylation is 1. The van der Waals surface area contributed by atoms with Crippen LogP contribution in [0.4, 0.5) is 5.69 Å². The van der Waals surface area contributed by atoms with Crippen LogP contribution in [0.25, 0.3) is 0 Å². The molecule has 0 unspecified atom stereocenters. The van der Waals surface area contributed by atoms with Crippen LogP contribution in [0.3, 0.4) is 0 Å². The summed E-state index contributed by atoms with van der Waals surface area (Å²) < 4.78 is 5.04. The van der Waals surface area contributed by atoms with Crippen LogP contribution in [-0.2, 0) is 11.3 Å². The monoisotopic (exact) mass is 318 g/mol. The van der Waals surface area contributed by atoms with E-state index in [0.29, 0.717) is 29.5 Å². The molecule has 0 spiro atoms. The Morgan fingerprint density at radius 1 is 1.39 bits per heavy atom. The number of nitrogens with zero attached hydrogens (tertiary/aromatic N) is 3. The van der Waals surface area contributed by atoms with Gasteiger partial charge in [0.25, 0.3) is 5.91 Å². The highest BCUT2D eigenvalue weighted by Gasteiger charge is 2.17. The number of rotatable bonds is 7. The van der Waals surface area contributed by atoms with Gasteiger partial charge < -0.3 is 19.8 Å². The summed E-state index contributed by atoms with van der Waals surface area (Å²) in [4.78, 5) is 28.8. The van der Waals surface area contributed by atoms with Crippen molar-refractivity contribution in [2.24, 2.45) is 0 Å². The number of carbonyl (C=O) groups excluding carboxylic acids is 1. The smallest absolute Gasteiger partial charge is 0.322 e. The molecule has 0 aliphatic heterocycles. The molecule has 0 saturated heterocycles. The van der Waals surface area contributed by atoms with Gasteiger partial charge >= 0.3 is 5.97 Å². The van der Waals surface area contributed by atoms with E-state index >= 15 is 0 Å². The zero-order valence-electron chi connectivity index (χ0n) is 12.9. The lowest BCUT2D eigenvalue weighted by Gasteiger charge is -2.19. The average Bonchev–Trinajstić information content (AvgIpc) is 2.95. The molecule has 8 nitrogen and oxygen atoms in total. The first-order valence-corrected chi connectivity index (χ1v) is 7.13. The predicted octanol–water partition coefficient (Wildman–Crippen LogP) is 1.54. The SMILES string of the molecule is CCN(Cc1nc(C)no1)C(=O)c1cccc(NCC(=O)O)c1. The highest BCUT2D eigenvalue weighted by Crippen LogP contribution is 2.14. The van der Waals surface area contributed by atoms with E-state index in [9.17, 15) is 9.59 Å². The average molecular weight is 318 g/mol. The van der Waals surface area contributed by atoms with E-state index in [-0.39, 0.29) is 19.0 Å². The van der Waals surface area contributed by atoms with E-state index in [1.165, 1.54) is 0 Å². The van der Waals surface area contributed by atoms with Crippen molar-refractivity contribution in [3.05, 3.63) is 41.5 Å². The standard InChI is InChI=1S/C15H18N4O4/c1-3-19(9-13-17-10(2)18-23-13)15(22)11-5-4-6-12(7-11)16-8-14(20)21/h4-7,16H,3,8-9H2,1-2H3,(H,20,21). The molecule has 1 heterocycles. The number of nitrogens with one attached hydrogen (secondary N) is 1. The molecular formula is C15H18N4O4. The van der Waals surface area contributed by atoms with Crippen LogP contribution >= 0.6 is 0 Å². The van der Waals surface area contributed by atoms with Gasteiger partial charge in [-0.2, -0.15) is 4.98 Å². The lowest BCUT2D eigenvalue weighted by atomic mass is 10.1. The molecule has 0 saturated carbocycles. The number of carbonyl (C=O) groups is 2. The summed E-state index contributed by atoms with van der Waals surface area (Å²) in [7, 11) is 0. The van der Waals surface area contributed by atoms with Gasteiger partial charge in [0, 0.05) is 17.8 Å². The third-order valence-corrected chi connectivity index (χ3v) is 3.12. The Hall–Kier alpha value is -2.90. The minimum Gasteiger partial charge on any atom is -0.480 e. The molecule has 0 aliphatic rings. The van der Waals surface area contributed by atoms with Crippen LogP contribution in [0.15, 0.2) is 28.8 Å². The Bertz CT molecular complexity index is 698. The number of carboxylic acids is 1. The Morgan fingerprint density at radius 2 is 2.17 bits per heavy atom. The number of benzene rings is 1. The number of anilines is 1. The number of aliphatic carboxylic acids is 1. The van der Waals surface area contributed by atoms with E-state index in [1.54, 1.807) is 36.1 Å². The zero-order valence-corrected chi connectivity index (χ0v) is 12.9. The summed E-state index contributed by atoms with van der Waals surface area (Å²) in [5.41, 5.74) is 1.03. The van der Waals surface area contributed by atoms with E-state index in [1.807, 2.05) is 6.92 Å². The molecule has 0 atom stereocenters. The number of amides is 1. The van der Waals surface area contributed by atoms with Crippen molar-refractivity contribution in [1.82, 2.24) is 15.0 Å². The van der Waals surface area contributed by atoms with Crippen molar-refractivity contribution in [3.63, 3.8) is 0 Å². The molecule has 0 radical (unpaired) electrons. The van der Waals surface area contributed by atoms with Crippen LogP contribution in [0, 0.1) is 6.92 Å². The summed E-state index contributed by atoms with van der Waals surface area (Å²) in [6.07, 6.45) is 0. The molecular weight excluding hydrogens is 300 g/mol.